The zero-order chi connectivity index (χ0) is 37.2. The summed E-state index contributed by atoms with van der Waals surface area (Å²) < 4.78 is 1.00. The van der Waals surface area contributed by atoms with Crippen molar-refractivity contribution in [1.82, 2.24) is 19.6 Å². The molecule has 4 fully saturated rings. The fraction of sp³-hybridized carbons (Fsp3) is 0.667. The molecule has 10 heteroatoms. The van der Waals surface area contributed by atoms with Crippen LogP contribution in [0.15, 0.2) is 46.2 Å². The fourth-order valence-electron chi connectivity index (χ4n) is 9.74. The van der Waals surface area contributed by atoms with E-state index in [1.165, 1.54) is 0 Å². The summed E-state index contributed by atoms with van der Waals surface area (Å²) in [7, 11) is 16.7. The smallest absolute Gasteiger partial charge is 0.306 e. The van der Waals surface area contributed by atoms with Crippen LogP contribution >= 0.6 is 21.6 Å². The van der Waals surface area contributed by atoms with E-state index in [2.05, 4.69) is 112 Å². The van der Waals surface area contributed by atoms with Gasteiger partial charge in [-0.3, -0.25) is 8.97 Å². The largest absolute Gasteiger partial charge is 0.347 e. The highest BCUT2D eigenvalue weighted by atomic mass is 33.1. The topological polar surface area (TPSA) is 47.1 Å². The molecule has 4 heterocycles. The molecule has 4 aliphatic rings. The lowest BCUT2D eigenvalue weighted by Crippen LogP contribution is -2.65. The summed E-state index contributed by atoms with van der Waals surface area (Å²) in [5, 5.41) is 0. The maximum atomic E-state index is 15.2. The Morgan fingerprint density at radius 2 is 0.750 bits per heavy atom. The maximum Gasteiger partial charge on any atom is 0.347 e. The first-order chi connectivity index (χ1) is 24.8. The van der Waals surface area contributed by atoms with Gasteiger partial charge in [0, 0.05) is 114 Å². The number of benzene rings is 2. The first kappa shape index (κ1) is 39.9. The normalized spacial score (nSPS) is 22.2. The van der Waals surface area contributed by atoms with Crippen LogP contribution in [0, 0.1) is 13.8 Å². The minimum absolute atomic E-state index is 0.265. The van der Waals surface area contributed by atoms with Crippen molar-refractivity contribution < 1.29 is 18.6 Å². The van der Waals surface area contributed by atoms with Crippen molar-refractivity contribution in [2.45, 2.75) is 99.2 Å². The van der Waals surface area contributed by atoms with Crippen LogP contribution in [0.5, 0.6) is 0 Å². The van der Waals surface area contributed by atoms with Crippen LogP contribution < -0.4 is 0 Å². The van der Waals surface area contributed by atoms with E-state index in [0.29, 0.717) is 33.1 Å². The van der Waals surface area contributed by atoms with Gasteiger partial charge in [-0.15, -0.1) is 0 Å². The molecule has 0 radical (unpaired) electrons. The predicted molar refractivity (Wildman–Crippen MR) is 217 cm³/mol. The Bertz CT molecular complexity index is 1390. The minimum Gasteiger partial charge on any atom is -0.306 e. The molecule has 2 amide bonds. The van der Waals surface area contributed by atoms with Crippen molar-refractivity contribution in [3.63, 3.8) is 0 Å². The third-order valence-electron chi connectivity index (χ3n) is 13.6. The summed E-state index contributed by atoms with van der Waals surface area (Å²) in [6, 6.07) is 14.1. The van der Waals surface area contributed by atoms with E-state index in [9.17, 15) is 0 Å². The number of carbonyl (C=O) groups excluding carboxylic acids is 2. The van der Waals surface area contributed by atoms with E-state index in [4.69, 9.17) is 0 Å². The lowest BCUT2D eigenvalue weighted by atomic mass is 9.92. The molecule has 0 bridgehead atoms. The van der Waals surface area contributed by atoms with Crippen LogP contribution in [0.25, 0.3) is 0 Å². The van der Waals surface area contributed by atoms with Gasteiger partial charge in [0.05, 0.1) is 49.4 Å². The number of amides is 2. The number of likely N-dealkylation sites (tertiary alicyclic amines) is 4. The Hall–Kier alpha value is -1.76. The van der Waals surface area contributed by atoms with Crippen molar-refractivity contribution in [3.8, 4) is 0 Å². The van der Waals surface area contributed by atoms with Crippen molar-refractivity contribution >= 4 is 33.4 Å². The SMILES string of the molecule is Cc1ccc(C(=O)[N+](C)(C2CCN(C)CC2)C2CCN(C)CC2)c(SSc2cc(C)ccc2C(=O)[N+](C)(C2CCN(C)CC2)C2CCN(C)CC2)c1. The summed E-state index contributed by atoms with van der Waals surface area (Å²) in [6.45, 7) is 12.6. The van der Waals surface area contributed by atoms with Crippen LogP contribution in [0.2, 0.25) is 0 Å². The summed E-state index contributed by atoms with van der Waals surface area (Å²) in [5.74, 6) is 0.531. The first-order valence-corrected chi connectivity index (χ1v) is 22.1. The lowest BCUT2D eigenvalue weighted by molar-refractivity contribution is -0.883. The molecule has 286 valence electrons. The number of piperidine rings is 4. The summed E-state index contributed by atoms with van der Waals surface area (Å²) in [6.07, 6.45) is 8.40. The highest BCUT2D eigenvalue weighted by Crippen LogP contribution is 2.44. The zero-order valence-corrected chi connectivity index (χ0v) is 35.0. The molecule has 0 spiro atoms. The standard InChI is InChI=1S/C42H66N6O2S2/c1-31-9-11-37(41(49)47(7,33-13-21-43(3)22-14-33)34-15-23-44(4)24-16-34)39(29-31)51-52-40-30-32(2)10-12-38(40)42(50)48(8,35-17-25-45(5)26-18-35)36-19-27-46(6)28-20-36/h9-12,29-30,33-36H,13-28H2,1-8H3/q+2. The Kier molecular flexibility index (Phi) is 13.0. The van der Waals surface area contributed by atoms with Gasteiger partial charge in [0.15, 0.2) is 0 Å². The molecule has 0 aromatic heterocycles. The van der Waals surface area contributed by atoms with Crippen LogP contribution in [0.4, 0.5) is 0 Å². The Morgan fingerprint density at radius 3 is 1.00 bits per heavy atom. The molecule has 4 saturated heterocycles. The van der Waals surface area contributed by atoms with E-state index in [-0.39, 0.29) is 11.8 Å². The molecule has 8 nitrogen and oxygen atoms in total. The Morgan fingerprint density at radius 1 is 0.500 bits per heavy atom. The molecule has 6 rings (SSSR count). The molecule has 0 atom stereocenters. The van der Waals surface area contributed by atoms with Crippen LogP contribution in [0.1, 0.15) is 83.2 Å². The monoisotopic (exact) mass is 750 g/mol. The first-order valence-electron chi connectivity index (χ1n) is 19.9. The van der Waals surface area contributed by atoms with Gasteiger partial charge in [-0.25, -0.2) is 9.59 Å². The zero-order valence-electron chi connectivity index (χ0n) is 33.4. The van der Waals surface area contributed by atoms with Gasteiger partial charge in [-0.1, -0.05) is 33.7 Å². The predicted octanol–water partition coefficient (Wildman–Crippen LogP) is 6.65. The number of quaternary nitrogens is 2. The van der Waals surface area contributed by atoms with Crippen LogP contribution in [0.3, 0.4) is 0 Å². The van der Waals surface area contributed by atoms with E-state index < -0.39 is 0 Å². The highest BCUT2D eigenvalue weighted by Gasteiger charge is 2.50. The van der Waals surface area contributed by atoms with E-state index in [1.807, 2.05) is 0 Å². The van der Waals surface area contributed by atoms with E-state index in [1.54, 1.807) is 21.6 Å². The Labute approximate surface area is 322 Å². The second-order valence-corrected chi connectivity index (χ2v) is 19.4. The number of hydrogen-bond donors (Lipinski definition) is 0. The number of aryl methyl sites for hydroxylation is 2. The van der Waals surface area contributed by atoms with Gasteiger partial charge in [0.1, 0.15) is 0 Å². The molecule has 52 heavy (non-hydrogen) atoms. The quantitative estimate of drug-likeness (QED) is 0.209. The average molecular weight is 751 g/mol. The van der Waals surface area contributed by atoms with Gasteiger partial charge >= 0.3 is 11.8 Å². The minimum atomic E-state index is 0.265. The molecule has 0 saturated carbocycles. The number of nitrogens with zero attached hydrogens (tertiary/aromatic N) is 6. The summed E-state index contributed by atoms with van der Waals surface area (Å²) in [4.78, 5) is 42.0. The second kappa shape index (κ2) is 16.9. The Balaban J connectivity index is 1.31. The van der Waals surface area contributed by atoms with Gasteiger partial charge in [0.25, 0.3) is 0 Å². The van der Waals surface area contributed by atoms with Gasteiger partial charge in [-0.05, 0) is 77.4 Å². The molecule has 2 aromatic rings. The molecule has 0 unspecified atom stereocenters. The fourth-order valence-corrected chi connectivity index (χ4v) is 12.2. The van der Waals surface area contributed by atoms with Gasteiger partial charge in [-0.2, -0.15) is 0 Å². The molecule has 0 N–H and O–H groups in total. The molecular formula is C42H66N6O2S2+2. The van der Waals surface area contributed by atoms with E-state index in [0.717, 1.165) is 136 Å². The second-order valence-electron chi connectivity index (χ2n) is 17.2. The maximum absolute atomic E-state index is 15.2. The van der Waals surface area contributed by atoms with Crippen molar-refractivity contribution in [3.05, 3.63) is 58.7 Å². The van der Waals surface area contributed by atoms with Gasteiger partial charge in [0.2, 0.25) is 0 Å². The lowest BCUT2D eigenvalue weighted by Gasteiger charge is -2.49. The third-order valence-corrected chi connectivity index (χ3v) is 16.1. The van der Waals surface area contributed by atoms with Crippen molar-refractivity contribution in [2.75, 3.05) is 94.6 Å². The van der Waals surface area contributed by atoms with Gasteiger partial charge < -0.3 is 19.6 Å². The number of carbonyl (C=O) groups is 2. The van der Waals surface area contributed by atoms with Crippen LogP contribution in [-0.4, -0.2) is 159 Å². The molecular weight excluding hydrogens is 685 g/mol. The molecule has 2 aromatic carbocycles. The highest BCUT2D eigenvalue weighted by molar-refractivity contribution is 8.76. The molecule has 4 aliphatic heterocycles. The van der Waals surface area contributed by atoms with Crippen molar-refractivity contribution in [2.24, 2.45) is 0 Å². The summed E-state index contributed by atoms with van der Waals surface area (Å²) in [5.41, 5.74) is 3.98. The average Bonchev–Trinajstić information content (AvgIpc) is 3.14. The molecule has 0 aliphatic carbocycles. The van der Waals surface area contributed by atoms with Crippen LogP contribution in [-0.2, 0) is 0 Å². The summed E-state index contributed by atoms with van der Waals surface area (Å²) >= 11 is 0. The number of rotatable bonds is 9. The van der Waals surface area contributed by atoms with Crippen molar-refractivity contribution in [1.29, 1.82) is 0 Å². The van der Waals surface area contributed by atoms with E-state index >= 15 is 9.59 Å². The number of hydrogen-bond acceptors (Lipinski definition) is 8. The third kappa shape index (κ3) is 8.40.